The first-order valence-corrected chi connectivity index (χ1v) is 5.02. The van der Waals surface area contributed by atoms with E-state index in [0.29, 0.717) is 12.3 Å². The maximum Gasteiger partial charge on any atom is 0.227 e. The number of H-pyrrole nitrogens is 1. The predicted octanol–water partition coefficient (Wildman–Crippen LogP) is 0.762. The predicted molar refractivity (Wildman–Crippen MR) is 61.5 cm³/mol. The molecule has 0 aliphatic heterocycles. The zero-order valence-electron chi connectivity index (χ0n) is 8.73. The molecule has 0 saturated carbocycles. The third-order valence-corrected chi connectivity index (χ3v) is 2.62. The second-order valence-electron chi connectivity index (χ2n) is 3.66. The highest BCUT2D eigenvalue weighted by molar-refractivity contribution is 5.90. The number of nitrogens with one attached hydrogen (secondary N) is 1. The van der Waals surface area contributed by atoms with Crippen LogP contribution in [0.15, 0.2) is 30.5 Å². The fraction of sp³-hybridized carbons (Fsp3) is 0.167. The van der Waals surface area contributed by atoms with Crippen LogP contribution in [0, 0.1) is 5.92 Å². The van der Waals surface area contributed by atoms with Gasteiger partial charge < -0.3 is 15.8 Å². The second kappa shape index (κ2) is 4.37. The Hall–Kier alpha value is -1.81. The number of para-hydroxylation sites is 1. The first kappa shape index (κ1) is 10.7. The van der Waals surface area contributed by atoms with Gasteiger partial charge in [-0.1, -0.05) is 18.2 Å². The van der Waals surface area contributed by atoms with Gasteiger partial charge in [0.15, 0.2) is 0 Å². The van der Waals surface area contributed by atoms with Crippen LogP contribution in [0.5, 0.6) is 0 Å². The number of aliphatic hydroxyl groups is 1. The van der Waals surface area contributed by atoms with Crippen molar-refractivity contribution in [3.63, 3.8) is 0 Å². The molecule has 4 heteroatoms. The summed E-state index contributed by atoms with van der Waals surface area (Å²) < 4.78 is 0. The summed E-state index contributed by atoms with van der Waals surface area (Å²) in [5, 5.41) is 10.1. The van der Waals surface area contributed by atoms with Gasteiger partial charge >= 0.3 is 0 Å². The zero-order valence-corrected chi connectivity index (χ0v) is 8.73. The van der Waals surface area contributed by atoms with Gasteiger partial charge in [0.05, 0.1) is 12.5 Å². The summed E-state index contributed by atoms with van der Waals surface area (Å²) in [6, 6.07) is 7.80. The van der Waals surface area contributed by atoms with E-state index in [9.17, 15) is 4.79 Å². The number of benzene rings is 1. The Balaban J connectivity index is 2.30. The third-order valence-electron chi connectivity index (χ3n) is 2.62. The van der Waals surface area contributed by atoms with Gasteiger partial charge in [0.2, 0.25) is 5.91 Å². The van der Waals surface area contributed by atoms with Gasteiger partial charge in [-0.3, -0.25) is 4.79 Å². The maximum atomic E-state index is 11.0. The van der Waals surface area contributed by atoms with E-state index in [4.69, 9.17) is 10.8 Å². The summed E-state index contributed by atoms with van der Waals surface area (Å²) in [7, 11) is 0. The Morgan fingerprint density at radius 1 is 1.38 bits per heavy atom. The number of nitrogens with two attached hydrogens (primary N) is 1. The van der Waals surface area contributed by atoms with Crippen LogP contribution >= 0.6 is 0 Å². The number of carbonyl (C=O) groups is 1. The van der Waals surface area contributed by atoms with Crippen LogP contribution in [0.25, 0.3) is 10.9 Å². The minimum Gasteiger partial charge on any atom is -0.395 e. The lowest BCUT2D eigenvalue weighted by atomic mass is 9.99. The van der Waals surface area contributed by atoms with Crippen molar-refractivity contribution in [1.29, 1.82) is 0 Å². The molecule has 16 heavy (non-hydrogen) atoms. The quantitative estimate of drug-likeness (QED) is 0.707. The van der Waals surface area contributed by atoms with Crippen molar-refractivity contribution >= 4 is 16.8 Å². The van der Waals surface area contributed by atoms with Crippen LogP contribution in [-0.2, 0) is 11.2 Å². The fourth-order valence-electron chi connectivity index (χ4n) is 1.73. The minimum atomic E-state index is -0.548. The number of aromatic nitrogens is 1. The topological polar surface area (TPSA) is 79.1 Å². The van der Waals surface area contributed by atoms with Crippen molar-refractivity contribution < 1.29 is 9.90 Å². The number of amides is 1. The van der Waals surface area contributed by atoms with E-state index in [2.05, 4.69) is 4.98 Å². The molecule has 0 aliphatic rings. The molecule has 4 N–H and O–H groups in total. The highest BCUT2D eigenvalue weighted by Gasteiger charge is 2.17. The van der Waals surface area contributed by atoms with Crippen molar-refractivity contribution in [1.82, 2.24) is 4.98 Å². The summed E-state index contributed by atoms with van der Waals surface area (Å²) in [5.74, 6) is -0.225. The van der Waals surface area contributed by atoms with Crippen LogP contribution < -0.4 is 5.73 Å². The molecule has 1 aromatic carbocycles. The van der Waals surface area contributed by atoms with Gasteiger partial charge in [-0.25, -0.2) is 0 Å². The summed E-state index contributed by atoms with van der Waals surface area (Å²) >= 11 is 0. The molecule has 0 spiro atoms. The van der Waals surface area contributed by atoms with Crippen LogP contribution in [0.2, 0.25) is 0 Å². The molecule has 0 fully saturated rings. The smallest absolute Gasteiger partial charge is 0.227 e. The standard InChI is InChI=1S/C12H13N2O2/c13-12(16)9(7-15)5-8-6-14-11-4-2-1-3-10(8)11/h1-4,6,14-15H,5,7H2,(H2,13,16). The maximum absolute atomic E-state index is 11.0. The van der Waals surface area contributed by atoms with Crippen molar-refractivity contribution in [2.45, 2.75) is 6.42 Å². The molecule has 0 saturated heterocycles. The monoisotopic (exact) mass is 217 g/mol. The molecule has 0 aliphatic carbocycles. The number of fused-ring (bicyclic) bond motifs is 1. The highest BCUT2D eigenvalue weighted by Crippen LogP contribution is 2.21. The average molecular weight is 217 g/mol. The SMILES string of the molecule is NC(=O)[C](CO)Cc1c[nH]c2ccccc12. The lowest BCUT2D eigenvalue weighted by Gasteiger charge is -2.07. The van der Waals surface area contributed by atoms with Crippen LogP contribution in [-0.4, -0.2) is 22.6 Å². The van der Waals surface area contributed by atoms with E-state index in [1.54, 1.807) is 0 Å². The van der Waals surface area contributed by atoms with E-state index < -0.39 is 5.91 Å². The molecule has 83 valence electrons. The van der Waals surface area contributed by atoms with Gasteiger partial charge in [-0.2, -0.15) is 0 Å². The van der Waals surface area contributed by atoms with Crippen molar-refractivity contribution in [3.8, 4) is 0 Å². The lowest BCUT2D eigenvalue weighted by molar-refractivity contribution is -0.117. The van der Waals surface area contributed by atoms with Crippen molar-refractivity contribution in [2.24, 2.45) is 5.73 Å². The molecule has 1 radical (unpaired) electrons. The van der Waals surface area contributed by atoms with E-state index in [0.717, 1.165) is 16.5 Å². The molecular weight excluding hydrogens is 204 g/mol. The Bertz CT molecular complexity index is 504. The molecule has 1 heterocycles. The largest absolute Gasteiger partial charge is 0.395 e. The summed E-state index contributed by atoms with van der Waals surface area (Å²) in [5.41, 5.74) is 7.15. The first-order chi connectivity index (χ1) is 7.72. The van der Waals surface area contributed by atoms with Crippen LogP contribution in [0.4, 0.5) is 0 Å². The average Bonchev–Trinajstić information content (AvgIpc) is 2.69. The van der Waals surface area contributed by atoms with Crippen molar-refractivity contribution in [3.05, 3.63) is 41.9 Å². The molecule has 0 unspecified atom stereocenters. The van der Waals surface area contributed by atoms with Crippen LogP contribution in [0.3, 0.4) is 0 Å². The molecule has 1 amide bonds. The molecule has 2 aromatic rings. The van der Waals surface area contributed by atoms with E-state index in [-0.39, 0.29) is 6.61 Å². The van der Waals surface area contributed by atoms with Crippen molar-refractivity contribution in [2.75, 3.05) is 6.61 Å². The third kappa shape index (κ3) is 1.92. The number of hydrogen-bond donors (Lipinski definition) is 3. The molecule has 0 bridgehead atoms. The Kier molecular flexibility index (Phi) is 2.92. The number of aromatic amines is 1. The molecule has 4 nitrogen and oxygen atoms in total. The molecule has 1 aromatic heterocycles. The number of primary amides is 1. The first-order valence-electron chi connectivity index (χ1n) is 5.02. The second-order valence-corrected chi connectivity index (χ2v) is 3.66. The summed E-state index contributed by atoms with van der Waals surface area (Å²) in [4.78, 5) is 14.1. The number of hydrogen-bond acceptors (Lipinski definition) is 2. The van der Waals surface area contributed by atoms with E-state index >= 15 is 0 Å². The van der Waals surface area contributed by atoms with E-state index in [1.165, 1.54) is 0 Å². The normalized spacial score (nSPS) is 11.1. The molecule has 0 atom stereocenters. The van der Waals surface area contributed by atoms with Gasteiger partial charge in [0, 0.05) is 17.1 Å². The fourth-order valence-corrected chi connectivity index (χ4v) is 1.73. The Morgan fingerprint density at radius 2 is 2.12 bits per heavy atom. The summed E-state index contributed by atoms with van der Waals surface area (Å²) in [6.07, 6.45) is 2.22. The summed E-state index contributed by atoms with van der Waals surface area (Å²) in [6.45, 7) is -0.297. The van der Waals surface area contributed by atoms with Gasteiger partial charge in [-0.05, 0) is 18.1 Å². The van der Waals surface area contributed by atoms with E-state index in [1.807, 2.05) is 30.5 Å². The lowest BCUT2D eigenvalue weighted by Crippen LogP contribution is -2.25. The Morgan fingerprint density at radius 3 is 2.81 bits per heavy atom. The zero-order chi connectivity index (χ0) is 11.5. The highest BCUT2D eigenvalue weighted by atomic mass is 16.3. The van der Waals surface area contributed by atoms with Gasteiger partial charge in [0.25, 0.3) is 0 Å². The Labute approximate surface area is 93.1 Å². The van der Waals surface area contributed by atoms with Gasteiger partial charge in [-0.15, -0.1) is 0 Å². The minimum absolute atomic E-state index is 0.297. The number of rotatable bonds is 4. The molecular formula is C12H13N2O2. The molecule has 2 rings (SSSR count). The number of carbonyl (C=O) groups excluding carboxylic acids is 1. The number of aliphatic hydroxyl groups excluding tert-OH is 1. The van der Waals surface area contributed by atoms with Crippen LogP contribution in [0.1, 0.15) is 5.56 Å². The van der Waals surface area contributed by atoms with Gasteiger partial charge in [0.1, 0.15) is 0 Å².